The Labute approximate surface area is 233 Å². The molecule has 1 aliphatic rings. The van der Waals surface area contributed by atoms with Crippen LogP contribution < -0.4 is 14.8 Å². The monoisotopic (exact) mass is 543 g/mol. The first-order valence-electron chi connectivity index (χ1n) is 13.0. The minimum Gasteiger partial charge on any atom is -0.497 e. The fourth-order valence-electron chi connectivity index (χ4n) is 4.46. The standard InChI is InChI=1S/C30H33N5O5/c1-19-16-35(20(2)18-36)29(37)26-13-23(22-7-5-21(14-31)6-8-22)15-32-28(26)40-27(19)17-34(3)30(38)33-24-9-11-25(39-4)12-10-24/h5-13,15,19-20,27,36H,16-18H2,1-4H3,(H,33,38)/t19-,20-,27-/m0/s1. The van der Waals surface area contributed by atoms with Crippen LogP contribution in [0.25, 0.3) is 11.1 Å². The number of ether oxygens (including phenoxy) is 2. The highest BCUT2D eigenvalue weighted by molar-refractivity contribution is 5.98. The number of carbonyl (C=O) groups is 2. The summed E-state index contributed by atoms with van der Waals surface area (Å²) in [6.45, 7) is 4.08. The van der Waals surface area contributed by atoms with E-state index in [0.717, 1.165) is 5.56 Å². The first-order chi connectivity index (χ1) is 19.2. The molecule has 0 saturated heterocycles. The maximum atomic E-state index is 13.7. The number of nitrogens with one attached hydrogen (secondary N) is 1. The van der Waals surface area contributed by atoms with Gasteiger partial charge in [0.15, 0.2) is 0 Å². The van der Waals surface area contributed by atoms with Gasteiger partial charge < -0.3 is 29.7 Å². The molecule has 10 heteroatoms. The topological polar surface area (TPSA) is 128 Å². The van der Waals surface area contributed by atoms with Gasteiger partial charge in [0.05, 0.1) is 37.9 Å². The van der Waals surface area contributed by atoms with Crippen LogP contribution in [-0.2, 0) is 0 Å². The summed E-state index contributed by atoms with van der Waals surface area (Å²) in [5, 5.41) is 21.9. The average Bonchev–Trinajstić information content (AvgIpc) is 2.98. The molecular formula is C30H33N5O5. The van der Waals surface area contributed by atoms with Crippen LogP contribution in [0, 0.1) is 17.2 Å². The lowest BCUT2D eigenvalue weighted by atomic mass is 9.99. The van der Waals surface area contributed by atoms with Crippen molar-refractivity contribution in [3.63, 3.8) is 0 Å². The number of pyridine rings is 1. The van der Waals surface area contributed by atoms with Crippen molar-refractivity contribution in [3.8, 4) is 28.8 Å². The molecule has 2 aromatic carbocycles. The third-order valence-corrected chi connectivity index (χ3v) is 7.01. The zero-order chi connectivity index (χ0) is 28.8. The van der Waals surface area contributed by atoms with Gasteiger partial charge in [-0.05, 0) is 55.0 Å². The Morgan fingerprint density at radius 3 is 2.58 bits per heavy atom. The average molecular weight is 544 g/mol. The van der Waals surface area contributed by atoms with E-state index in [1.807, 2.05) is 6.92 Å². The summed E-state index contributed by atoms with van der Waals surface area (Å²) in [6.07, 6.45) is 1.14. The SMILES string of the molecule is COc1ccc(NC(=O)N(C)C[C@@H]2Oc3ncc(-c4ccc(C#N)cc4)cc3C(=O)N([C@@H](C)CO)C[C@@H]2C)cc1. The van der Waals surface area contributed by atoms with Gasteiger partial charge in [0.2, 0.25) is 5.88 Å². The Morgan fingerprint density at radius 1 is 1.25 bits per heavy atom. The highest BCUT2D eigenvalue weighted by Gasteiger charge is 2.34. The van der Waals surface area contributed by atoms with Crippen molar-refractivity contribution in [2.24, 2.45) is 5.92 Å². The first kappa shape index (κ1) is 28.4. The molecule has 1 aromatic heterocycles. The molecule has 3 atom stereocenters. The van der Waals surface area contributed by atoms with E-state index in [9.17, 15) is 14.7 Å². The van der Waals surface area contributed by atoms with Crippen molar-refractivity contribution < 1.29 is 24.2 Å². The molecule has 4 rings (SSSR count). The van der Waals surface area contributed by atoms with Crippen LogP contribution in [-0.4, -0.2) is 77.8 Å². The molecule has 0 saturated carbocycles. The second-order valence-electron chi connectivity index (χ2n) is 9.93. The normalized spacial score (nSPS) is 17.4. The summed E-state index contributed by atoms with van der Waals surface area (Å²) in [5.74, 6) is 0.378. The van der Waals surface area contributed by atoms with Crippen molar-refractivity contribution in [2.75, 3.05) is 39.2 Å². The van der Waals surface area contributed by atoms with Gasteiger partial charge in [0.1, 0.15) is 17.4 Å². The Bertz CT molecular complexity index is 1390. The Morgan fingerprint density at radius 2 is 1.95 bits per heavy atom. The van der Waals surface area contributed by atoms with E-state index in [4.69, 9.17) is 14.7 Å². The summed E-state index contributed by atoms with van der Waals surface area (Å²) in [5.41, 5.74) is 2.91. The highest BCUT2D eigenvalue weighted by atomic mass is 16.5. The number of aromatic nitrogens is 1. The quantitative estimate of drug-likeness (QED) is 0.461. The molecule has 0 unspecified atom stereocenters. The molecule has 1 aliphatic heterocycles. The number of fused-ring (bicyclic) bond motifs is 1. The van der Waals surface area contributed by atoms with Gasteiger partial charge in [0, 0.05) is 37.0 Å². The number of likely N-dealkylation sites (N-methyl/N-ethyl adjacent to an activating group) is 1. The molecular weight excluding hydrogens is 510 g/mol. The zero-order valence-corrected chi connectivity index (χ0v) is 23.0. The zero-order valence-electron chi connectivity index (χ0n) is 23.0. The van der Waals surface area contributed by atoms with Gasteiger partial charge in [-0.25, -0.2) is 9.78 Å². The van der Waals surface area contributed by atoms with Crippen LogP contribution in [0.5, 0.6) is 11.6 Å². The second-order valence-corrected chi connectivity index (χ2v) is 9.93. The lowest BCUT2D eigenvalue weighted by Crippen LogP contribution is -2.50. The molecule has 0 aliphatic carbocycles. The largest absolute Gasteiger partial charge is 0.497 e. The summed E-state index contributed by atoms with van der Waals surface area (Å²) in [6, 6.07) is 17.1. The summed E-state index contributed by atoms with van der Waals surface area (Å²) >= 11 is 0. The lowest BCUT2D eigenvalue weighted by molar-refractivity contribution is 0.0356. The van der Waals surface area contributed by atoms with E-state index in [1.165, 1.54) is 4.90 Å². The molecule has 208 valence electrons. The third-order valence-electron chi connectivity index (χ3n) is 7.01. The predicted molar refractivity (Wildman–Crippen MR) is 150 cm³/mol. The van der Waals surface area contributed by atoms with Crippen molar-refractivity contribution in [3.05, 3.63) is 71.9 Å². The lowest BCUT2D eigenvalue weighted by Gasteiger charge is -2.37. The molecule has 0 bridgehead atoms. The van der Waals surface area contributed by atoms with Gasteiger partial charge in [-0.2, -0.15) is 5.26 Å². The molecule has 0 fully saturated rings. The van der Waals surface area contributed by atoms with Gasteiger partial charge in [-0.3, -0.25) is 4.79 Å². The van der Waals surface area contributed by atoms with E-state index < -0.39 is 12.1 Å². The van der Waals surface area contributed by atoms with E-state index in [-0.39, 0.29) is 42.5 Å². The molecule has 40 heavy (non-hydrogen) atoms. The third kappa shape index (κ3) is 6.33. The number of benzene rings is 2. The van der Waals surface area contributed by atoms with Crippen LogP contribution >= 0.6 is 0 Å². The number of nitrogens with zero attached hydrogens (tertiary/aromatic N) is 4. The molecule has 2 N–H and O–H groups in total. The van der Waals surface area contributed by atoms with Crippen molar-refractivity contribution in [1.29, 1.82) is 5.26 Å². The number of carbonyl (C=O) groups excluding carboxylic acids is 2. The van der Waals surface area contributed by atoms with Crippen LogP contribution in [0.2, 0.25) is 0 Å². The highest BCUT2D eigenvalue weighted by Crippen LogP contribution is 2.30. The Hall–Kier alpha value is -4.62. The smallest absolute Gasteiger partial charge is 0.321 e. The molecule has 3 aromatic rings. The number of amides is 3. The molecule has 3 amide bonds. The molecule has 0 radical (unpaired) electrons. The maximum absolute atomic E-state index is 13.7. The van der Waals surface area contributed by atoms with Crippen LogP contribution in [0.4, 0.5) is 10.5 Å². The van der Waals surface area contributed by atoms with Gasteiger partial charge in [0.25, 0.3) is 5.91 Å². The van der Waals surface area contributed by atoms with Crippen LogP contribution in [0.1, 0.15) is 29.8 Å². The predicted octanol–water partition coefficient (Wildman–Crippen LogP) is 4.01. The van der Waals surface area contributed by atoms with E-state index in [1.54, 1.807) is 86.8 Å². The Balaban J connectivity index is 1.60. The number of hydrogen-bond donors (Lipinski definition) is 2. The summed E-state index contributed by atoms with van der Waals surface area (Å²) in [4.78, 5) is 34.3. The van der Waals surface area contributed by atoms with Gasteiger partial charge in [-0.15, -0.1) is 0 Å². The maximum Gasteiger partial charge on any atom is 0.321 e. The van der Waals surface area contributed by atoms with Crippen molar-refractivity contribution in [1.82, 2.24) is 14.8 Å². The molecule has 10 nitrogen and oxygen atoms in total. The minimum absolute atomic E-state index is 0.165. The fourth-order valence-corrected chi connectivity index (χ4v) is 4.46. The first-order valence-corrected chi connectivity index (χ1v) is 13.0. The second kappa shape index (κ2) is 12.5. The van der Waals surface area contributed by atoms with Crippen LogP contribution in [0.3, 0.4) is 0 Å². The Kier molecular flexibility index (Phi) is 8.86. The number of aliphatic hydroxyl groups excluding tert-OH is 1. The number of rotatable bonds is 7. The summed E-state index contributed by atoms with van der Waals surface area (Å²) in [7, 11) is 3.25. The van der Waals surface area contributed by atoms with Crippen molar-refractivity contribution >= 4 is 17.6 Å². The number of urea groups is 1. The van der Waals surface area contributed by atoms with Crippen molar-refractivity contribution in [2.45, 2.75) is 26.0 Å². The number of methoxy groups -OCH3 is 1. The minimum atomic E-state index is -0.486. The van der Waals surface area contributed by atoms with Gasteiger partial charge >= 0.3 is 6.03 Å². The molecule has 0 spiro atoms. The summed E-state index contributed by atoms with van der Waals surface area (Å²) < 4.78 is 11.5. The number of anilines is 1. The number of hydrogen-bond acceptors (Lipinski definition) is 7. The molecule has 2 heterocycles. The number of nitriles is 1. The van der Waals surface area contributed by atoms with E-state index >= 15 is 0 Å². The van der Waals surface area contributed by atoms with Crippen LogP contribution in [0.15, 0.2) is 60.8 Å². The van der Waals surface area contributed by atoms with E-state index in [2.05, 4.69) is 16.4 Å². The number of aliphatic hydroxyl groups is 1. The van der Waals surface area contributed by atoms with E-state index in [0.29, 0.717) is 29.1 Å². The fraction of sp³-hybridized carbons (Fsp3) is 0.333. The van der Waals surface area contributed by atoms with Gasteiger partial charge in [-0.1, -0.05) is 19.1 Å².